The molecule has 0 aliphatic carbocycles. The Labute approximate surface area is 216 Å². The van der Waals surface area contributed by atoms with Gasteiger partial charge in [0.25, 0.3) is 0 Å². The van der Waals surface area contributed by atoms with Gasteiger partial charge in [-0.15, -0.1) is 0 Å². The van der Waals surface area contributed by atoms with Crippen LogP contribution in [0.4, 0.5) is 10.5 Å². The summed E-state index contributed by atoms with van der Waals surface area (Å²) in [5.74, 6) is 0.266. The van der Waals surface area contributed by atoms with E-state index in [1.165, 1.54) is 13.2 Å². The Morgan fingerprint density at radius 2 is 1.77 bits per heavy atom. The minimum Gasteiger partial charge on any atom is -0.490 e. The zero-order chi connectivity index (χ0) is 26.8. The lowest BCUT2D eigenvalue weighted by atomic mass is 9.75. The van der Waals surface area contributed by atoms with Crippen LogP contribution in [0.1, 0.15) is 60.5 Å². The largest absolute Gasteiger partial charge is 0.490 e. The monoisotopic (exact) mass is 554 g/mol. The number of nitrogens with zero attached hydrogens (tertiary/aromatic N) is 2. The zero-order valence-corrected chi connectivity index (χ0v) is 23.6. The van der Waals surface area contributed by atoms with Crippen LogP contribution < -0.4 is 4.74 Å². The normalized spacial score (nSPS) is 18.9. The molecule has 0 spiro atoms. The fourth-order valence-corrected chi connectivity index (χ4v) is 3.66. The first-order valence-electron chi connectivity index (χ1n) is 11.5. The van der Waals surface area contributed by atoms with Crippen LogP contribution in [0.2, 0.25) is 0 Å². The molecule has 1 aromatic rings. The molecule has 2 aliphatic rings. The molecule has 1 aromatic carbocycles. The van der Waals surface area contributed by atoms with Crippen molar-refractivity contribution in [3.63, 3.8) is 0 Å². The molecule has 0 N–H and O–H groups in total. The summed E-state index contributed by atoms with van der Waals surface area (Å²) in [6, 6.07) is 3.07. The summed E-state index contributed by atoms with van der Waals surface area (Å²) in [6.07, 6.45) is 2.50. The van der Waals surface area contributed by atoms with E-state index in [9.17, 15) is 14.9 Å². The van der Waals surface area contributed by atoms with Crippen LogP contribution in [-0.4, -0.2) is 60.0 Å². The molecule has 1 amide bonds. The van der Waals surface area contributed by atoms with E-state index in [4.69, 9.17) is 18.8 Å². The highest BCUT2D eigenvalue weighted by Crippen LogP contribution is 2.39. The maximum atomic E-state index is 12.1. The fraction of sp³-hybridized carbons (Fsp3) is 0.625. The highest BCUT2D eigenvalue weighted by atomic mass is 79.9. The van der Waals surface area contributed by atoms with Crippen molar-refractivity contribution in [3.05, 3.63) is 43.8 Å². The molecule has 0 atom stereocenters. The van der Waals surface area contributed by atoms with Gasteiger partial charge in [-0.1, -0.05) is 22.0 Å². The van der Waals surface area contributed by atoms with Crippen LogP contribution in [0.5, 0.6) is 5.75 Å². The summed E-state index contributed by atoms with van der Waals surface area (Å²) >= 11 is 3.27. The van der Waals surface area contributed by atoms with Crippen LogP contribution in [0.15, 0.2) is 28.2 Å². The molecule has 0 radical (unpaired) electrons. The molecule has 194 valence electrons. The molecule has 1 saturated heterocycles. The topological polar surface area (TPSA) is 100 Å². The lowest BCUT2D eigenvalue weighted by molar-refractivity contribution is -0.385. The lowest BCUT2D eigenvalue weighted by Crippen LogP contribution is -2.41. The summed E-state index contributed by atoms with van der Waals surface area (Å²) in [5.41, 5.74) is 0.781. The third-order valence-corrected chi connectivity index (χ3v) is 6.96. The SMILES string of the molecule is CC(C)(C)OC(=O)N1CC=C(B2OC(C)(C)C(C)(C)O2)CC1.COc1cc(Br)c(C)cc1[N+](=O)[O-]. The van der Waals surface area contributed by atoms with Gasteiger partial charge in [-0.2, -0.15) is 0 Å². The first-order valence-corrected chi connectivity index (χ1v) is 12.3. The van der Waals surface area contributed by atoms with Crippen molar-refractivity contribution in [2.45, 2.75) is 78.6 Å². The smallest absolute Gasteiger partial charge is 0.490 e. The molecular weight excluding hydrogens is 519 g/mol. The second-order valence-corrected chi connectivity index (χ2v) is 11.4. The Hall–Kier alpha value is -2.11. The highest BCUT2D eigenvalue weighted by Gasteiger charge is 2.52. The van der Waals surface area contributed by atoms with Crippen LogP contribution in [-0.2, 0) is 14.0 Å². The number of rotatable bonds is 3. The van der Waals surface area contributed by atoms with Gasteiger partial charge in [0.05, 0.1) is 23.2 Å². The summed E-state index contributed by atoms with van der Waals surface area (Å²) < 4.78 is 23.2. The van der Waals surface area contributed by atoms with E-state index < -0.39 is 10.5 Å². The maximum absolute atomic E-state index is 12.1. The average molecular weight is 555 g/mol. The molecule has 0 bridgehead atoms. The fourth-order valence-electron chi connectivity index (χ4n) is 3.34. The molecule has 3 rings (SSSR count). The number of halogens is 1. The number of benzene rings is 1. The summed E-state index contributed by atoms with van der Waals surface area (Å²) in [6.45, 7) is 16.8. The lowest BCUT2D eigenvalue weighted by Gasteiger charge is -2.32. The van der Waals surface area contributed by atoms with Gasteiger partial charge in [-0.25, -0.2) is 4.79 Å². The van der Waals surface area contributed by atoms with E-state index in [-0.39, 0.29) is 35.9 Å². The molecule has 9 nitrogen and oxygen atoms in total. The number of carbonyl (C=O) groups excluding carboxylic acids is 1. The van der Waals surface area contributed by atoms with Crippen molar-refractivity contribution < 1.29 is 28.5 Å². The summed E-state index contributed by atoms with van der Waals surface area (Å²) in [4.78, 5) is 23.9. The van der Waals surface area contributed by atoms with Crippen LogP contribution in [0.3, 0.4) is 0 Å². The molecule has 0 unspecified atom stereocenters. The van der Waals surface area contributed by atoms with Gasteiger partial charge in [0.1, 0.15) is 5.60 Å². The van der Waals surface area contributed by atoms with E-state index in [0.717, 1.165) is 21.9 Å². The van der Waals surface area contributed by atoms with Gasteiger partial charge in [0, 0.05) is 29.7 Å². The van der Waals surface area contributed by atoms with Crippen molar-refractivity contribution in [1.29, 1.82) is 0 Å². The van der Waals surface area contributed by atoms with Gasteiger partial charge < -0.3 is 23.7 Å². The molecule has 2 heterocycles. The highest BCUT2D eigenvalue weighted by molar-refractivity contribution is 9.10. The minimum atomic E-state index is -0.465. The van der Waals surface area contributed by atoms with Crippen LogP contribution >= 0.6 is 15.9 Å². The molecule has 1 fully saturated rings. The van der Waals surface area contributed by atoms with E-state index in [1.54, 1.807) is 17.9 Å². The Kier molecular flexibility index (Phi) is 9.06. The second kappa shape index (κ2) is 10.9. The van der Waals surface area contributed by atoms with E-state index >= 15 is 0 Å². The van der Waals surface area contributed by atoms with Gasteiger partial charge >= 0.3 is 18.9 Å². The first kappa shape index (κ1) is 29.1. The third-order valence-electron chi connectivity index (χ3n) is 6.11. The Bertz CT molecular complexity index is 973. The molecule has 11 heteroatoms. The van der Waals surface area contributed by atoms with Gasteiger partial charge in [-0.05, 0) is 72.8 Å². The van der Waals surface area contributed by atoms with Crippen LogP contribution in [0.25, 0.3) is 0 Å². The number of hydrogen-bond donors (Lipinski definition) is 0. The number of nitro groups is 1. The van der Waals surface area contributed by atoms with Crippen molar-refractivity contribution >= 4 is 34.8 Å². The number of ether oxygens (including phenoxy) is 2. The molecule has 2 aliphatic heterocycles. The molecule has 35 heavy (non-hydrogen) atoms. The van der Waals surface area contributed by atoms with E-state index in [0.29, 0.717) is 13.1 Å². The Morgan fingerprint density at radius 1 is 1.20 bits per heavy atom. The van der Waals surface area contributed by atoms with Gasteiger partial charge in [0.2, 0.25) is 0 Å². The van der Waals surface area contributed by atoms with E-state index in [1.807, 2.05) is 54.5 Å². The third kappa shape index (κ3) is 7.44. The van der Waals surface area contributed by atoms with E-state index in [2.05, 4.69) is 15.9 Å². The standard InChI is InChI=1S/C16H28BNO4.C8H8BrNO3/c1-14(2,3)20-13(19)18-10-8-12(9-11-18)17-21-15(4,5)16(6,7)22-17;1-5-3-7(10(11)12)8(13-2)4-6(5)9/h8H,9-11H2,1-7H3;3-4H,1-2H3. The van der Waals surface area contributed by atoms with Crippen molar-refractivity contribution in [2.24, 2.45) is 0 Å². The second-order valence-electron chi connectivity index (χ2n) is 10.6. The Balaban J connectivity index is 0.000000283. The predicted octanol–water partition coefficient (Wildman–Crippen LogP) is 5.86. The summed E-state index contributed by atoms with van der Waals surface area (Å²) in [5, 5.41) is 10.6. The number of aryl methyl sites for hydroxylation is 1. The van der Waals surface area contributed by atoms with Gasteiger partial charge in [0.15, 0.2) is 5.75 Å². The zero-order valence-electron chi connectivity index (χ0n) is 22.1. The number of nitro benzene ring substituents is 1. The maximum Gasteiger partial charge on any atom is 0.490 e. The van der Waals surface area contributed by atoms with Crippen molar-refractivity contribution in [1.82, 2.24) is 4.90 Å². The predicted molar refractivity (Wildman–Crippen MR) is 139 cm³/mol. The van der Waals surface area contributed by atoms with Gasteiger partial charge in [-0.3, -0.25) is 10.1 Å². The Morgan fingerprint density at radius 3 is 2.20 bits per heavy atom. The first-order chi connectivity index (χ1) is 16.0. The summed E-state index contributed by atoms with van der Waals surface area (Å²) in [7, 11) is 1.09. The van der Waals surface area contributed by atoms with Crippen LogP contribution in [0, 0.1) is 17.0 Å². The molecular formula is C24H36BBrN2O7. The van der Waals surface area contributed by atoms with Crippen molar-refractivity contribution in [2.75, 3.05) is 20.2 Å². The minimum absolute atomic E-state index is 0.0109. The number of hydrogen-bond acceptors (Lipinski definition) is 7. The quantitative estimate of drug-likeness (QED) is 0.262. The number of methoxy groups -OCH3 is 1. The number of carbonyl (C=O) groups is 1. The molecule has 0 aromatic heterocycles. The average Bonchev–Trinajstić information content (AvgIpc) is 2.96. The van der Waals surface area contributed by atoms with Crippen molar-refractivity contribution in [3.8, 4) is 5.75 Å². The molecule has 0 saturated carbocycles. The number of amides is 1.